The van der Waals surface area contributed by atoms with Gasteiger partial charge in [-0.05, 0) is 74.2 Å². The average Bonchev–Trinajstić information content (AvgIpc) is 3.25. The summed E-state index contributed by atoms with van der Waals surface area (Å²) in [4.78, 5) is 22.5. The topological polar surface area (TPSA) is 57.7 Å². The Balaban J connectivity index is 1.09. The monoisotopic (exact) mass is 554 g/mol. The molecule has 2 aliphatic rings. The van der Waals surface area contributed by atoms with Crippen LogP contribution in [0.3, 0.4) is 0 Å². The number of carbonyl (C=O) groups excluding carboxylic acids is 1. The molecule has 6 nitrogen and oxygen atoms in total. The second kappa shape index (κ2) is 11.5. The van der Waals surface area contributed by atoms with Crippen LogP contribution in [0.1, 0.15) is 37.3 Å². The molecule has 206 valence electrons. The molecule has 1 aliphatic heterocycles. The van der Waals surface area contributed by atoms with Gasteiger partial charge in [-0.15, -0.1) is 0 Å². The van der Waals surface area contributed by atoms with Gasteiger partial charge in [-0.2, -0.15) is 0 Å². The number of nitrogens with one attached hydrogen (secondary N) is 1. The summed E-state index contributed by atoms with van der Waals surface area (Å²) in [6, 6.07) is 26.7. The molecule has 1 saturated heterocycles. The van der Waals surface area contributed by atoms with Crippen molar-refractivity contribution in [1.29, 1.82) is 0 Å². The number of benzene rings is 3. The Kier molecular flexibility index (Phi) is 7.63. The summed E-state index contributed by atoms with van der Waals surface area (Å²) >= 11 is 6.13. The fourth-order valence-corrected chi connectivity index (χ4v) is 6.41. The van der Waals surface area contributed by atoms with E-state index < -0.39 is 5.60 Å². The Morgan fingerprint density at radius 3 is 2.33 bits per heavy atom. The lowest BCUT2D eigenvalue weighted by Crippen LogP contribution is -2.47. The zero-order valence-electron chi connectivity index (χ0n) is 22.9. The Hall–Kier alpha value is -3.61. The Morgan fingerprint density at radius 1 is 0.925 bits per heavy atom. The quantitative estimate of drug-likeness (QED) is 0.241. The molecule has 1 N–H and O–H groups in total. The minimum absolute atomic E-state index is 0.365. The number of rotatable bonds is 8. The molecule has 0 atom stereocenters. The van der Waals surface area contributed by atoms with E-state index in [0.29, 0.717) is 6.54 Å². The van der Waals surface area contributed by atoms with Crippen molar-refractivity contribution in [2.75, 3.05) is 44.2 Å². The van der Waals surface area contributed by atoms with E-state index in [2.05, 4.69) is 63.6 Å². The van der Waals surface area contributed by atoms with E-state index in [1.165, 1.54) is 0 Å². The highest BCUT2D eigenvalue weighted by atomic mass is 35.5. The first-order valence-corrected chi connectivity index (χ1v) is 14.6. The van der Waals surface area contributed by atoms with E-state index in [9.17, 15) is 4.79 Å². The van der Waals surface area contributed by atoms with Crippen LogP contribution in [0.2, 0.25) is 5.02 Å². The summed E-state index contributed by atoms with van der Waals surface area (Å²) in [7, 11) is 0. The van der Waals surface area contributed by atoms with Crippen LogP contribution in [-0.2, 0) is 10.3 Å². The number of hydrogen-bond donors (Lipinski definition) is 1. The van der Waals surface area contributed by atoms with Crippen LogP contribution in [0.15, 0.2) is 78.9 Å². The van der Waals surface area contributed by atoms with Gasteiger partial charge in [0.05, 0.1) is 5.52 Å². The molecule has 3 aromatic carbocycles. The molecule has 1 aromatic heterocycles. The van der Waals surface area contributed by atoms with Gasteiger partial charge in [0.15, 0.2) is 5.60 Å². The Labute approximate surface area is 240 Å². The SMILES string of the molecule is CCNC(=O)OC1(CCCCN2CCN(c3ccc4cc(Cl)ccc4n3)CC2)c2ccccc2-c2ccccc21. The van der Waals surface area contributed by atoms with Gasteiger partial charge in [0.1, 0.15) is 5.82 Å². The fourth-order valence-electron chi connectivity index (χ4n) is 6.23. The van der Waals surface area contributed by atoms with Crippen molar-refractivity contribution in [3.05, 3.63) is 95.0 Å². The number of amides is 1. The van der Waals surface area contributed by atoms with Gasteiger partial charge >= 0.3 is 6.09 Å². The average molecular weight is 555 g/mol. The third-order valence-electron chi connectivity index (χ3n) is 8.19. The molecular weight excluding hydrogens is 520 g/mol. The van der Waals surface area contributed by atoms with Crippen molar-refractivity contribution in [3.8, 4) is 11.1 Å². The van der Waals surface area contributed by atoms with Crippen molar-refractivity contribution in [2.24, 2.45) is 0 Å². The first-order valence-electron chi connectivity index (χ1n) is 14.3. The molecule has 1 fully saturated rings. The highest BCUT2D eigenvalue weighted by molar-refractivity contribution is 6.31. The van der Waals surface area contributed by atoms with E-state index in [0.717, 1.165) is 96.0 Å². The lowest BCUT2D eigenvalue weighted by atomic mass is 9.86. The summed E-state index contributed by atoms with van der Waals surface area (Å²) < 4.78 is 6.30. The zero-order chi connectivity index (χ0) is 27.5. The third-order valence-corrected chi connectivity index (χ3v) is 8.42. The number of unbranched alkanes of at least 4 members (excludes halogenated alkanes) is 1. The maximum Gasteiger partial charge on any atom is 0.408 e. The lowest BCUT2D eigenvalue weighted by molar-refractivity contribution is 0.0331. The number of nitrogens with zero attached hydrogens (tertiary/aromatic N) is 3. The summed E-state index contributed by atoms with van der Waals surface area (Å²) in [6.45, 7) is 7.40. The van der Waals surface area contributed by atoms with Crippen LogP contribution in [0.25, 0.3) is 22.0 Å². The van der Waals surface area contributed by atoms with E-state index >= 15 is 0 Å². The van der Waals surface area contributed by atoms with Crippen molar-refractivity contribution < 1.29 is 9.53 Å². The van der Waals surface area contributed by atoms with Gasteiger partial charge in [-0.25, -0.2) is 9.78 Å². The van der Waals surface area contributed by atoms with E-state index in [1.807, 2.05) is 37.3 Å². The van der Waals surface area contributed by atoms with Crippen LogP contribution in [-0.4, -0.2) is 55.2 Å². The molecule has 6 rings (SSSR count). The minimum Gasteiger partial charge on any atom is -0.433 e. The number of halogens is 1. The number of hydrogen-bond acceptors (Lipinski definition) is 5. The number of aromatic nitrogens is 1. The maximum absolute atomic E-state index is 12.8. The lowest BCUT2D eigenvalue weighted by Gasteiger charge is -2.36. The van der Waals surface area contributed by atoms with Gasteiger partial charge in [0.25, 0.3) is 0 Å². The molecule has 0 bridgehead atoms. The third kappa shape index (κ3) is 5.14. The van der Waals surface area contributed by atoms with E-state index in [4.69, 9.17) is 21.3 Å². The van der Waals surface area contributed by atoms with Crippen LogP contribution >= 0.6 is 11.6 Å². The van der Waals surface area contributed by atoms with Crippen molar-refractivity contribution in [1.82, 2.24) is 15.2 Å². The fraction of sp³-hybridized carbons (Fsp3) is 0.333. The van der Waals surface area contributed by atoms with Gasteiger partial charge in [-0.1, -0.05) is 60.1 Å². The van der Waals surface area contributed by atoms with Crippen molar-refractivity contribution in [3.63, 3.8) is 0 Å². The Morgan fingerprint density at radius 2 is 1.62 bits per heavy atom. The molecule has 1 amide bonds. The van der Waals surface area contributed by atoms with Crippen LogP contribution < -0.4 is 10.2 Å². The zero-order valence-corrected chi connectivity index (χ0v) is 23.7. The van der Waals surface area contributed by atoms with Crippen molar-refractivity contribution in [2.45, 2.75) is 31.8 Å². The van der Waals surface area contributed by atoms with Crippen LogP contribution in [0.5, 0.6) is 0 Å². The van der Waals surface area contributed by atoms with Crippen molar-refractivity contribution >= 4 is 34.4 Å². The molecule has 4 aromatic rings. The maximum atomic E-state index is 12.8. The van der Waals surface area contributed by atoms with Gasteiger partial charge in [-0.3, -0.25) is 4.90 Å². The summed E-state index contributed by atoms with van der Waals surface area (Å²) in [5.41, 5.74) is 4.69. The predicted octanol–water partition coefficient (Wildman–Crippen LogP) is 6.85. The minimum atomic E-state index is -0.767. The number of pyridine rings is 1. The van der Waals surface area contributed by atoms with E-state index in [-0.39, 0.29) is 6.09 Å². The second-order valence-corrected chi connectivity index (χ2v) is 11.1. The molecule has 7 heteroatoms. The number of alkyl carbamates (subject to hydrolysis) is 1. The molecule has 0 spiro atoms. The van der Waals surface area contributed by atoms with Crippen LogP contribution in [0, 0.1) is 0 Å². The molecular formula is C33H35ClN4O2. The largest absolute Gasteiger partial charge is 0.433 e. The number of piperazine rings is 1. The number of fused-ring (bicyclic) bond motifs is 4. The first kappa shape index (κ1) is 26.6. The smallest absolute Gasteiger partial charge is 0.408 e. The number of anilines is 1. The van der Waals surface area contributed by atoms with Gasteiger partial charge in [0.2, 0.25) is 0 Å². The first-order chi connectivity index (χ1) is 19.6. The highest BCUT2D eigenvalue weighted by Gasteiger charge is 2.46. The number of ether oxygens (including phenoxy) is 1. The summed E-state index contributed by atoms with van der Waals surface area (Å²) in [5.74, 6) is 1.03. The molecule has 1 aliphatic carbocycles. The Bertz CT molecular complexity index is 1470. The van der Waals surface area contributed by atoms with Gasteiger partial charge in [0, 0.05) is 54.3 Å². The standard InChI is InChI=1S/C33H35ClN4O2/c1-2-35-32(39)40-33(28-11-5-3-9-26(28)27-10-4-6-12-29(27)33)17-7-8-18-37-19-21-38(22-20-37)31-16-13-24-23-25(34)14-15-30(24)36-31/h3-6,9-16,23H,2,7-8,17-22H2,1H3,(H,35,39). The summed E-state index contributed by atoms with van der Waals surface area (Å²) in [5, 5.41) is 4.65. The predicted molar refractivity (Wildman–Crippen MR) is 162 cm³/mol. The molecule has 0 saturated carbocycles. The number of carbonyl (C=O) groups is 1. The van der Waals surface area contributed by atoms with Gasteiger partial charge < -0.3 is 15.0 Å². The molecule has 2 heterocycles. The molecule has 0 radical (unpaired) electrons. The summed E-state index contributed by atoms with van der Waals surface area (Å²) in [6.07, 6.45) is 2.38. The van der Waals surface area contributed by atoms with Crippen LogP contribution in [0.4, 0.5) is 10.6 Å². The highest BCUT2D eigenvalue weighted by Crippen LogP contribution is 2.52. The normalized spacial score (nSPS) is 16.0. The molecule has 0 unspecified atom stereocenters. The molecule has 40 heavy (non-hydrogen) atoms. The second-order valence-electron chi connectivity index (χ2n) is 10.6. The van der Waals surface area contributed by atoms with E-state index in [1.54, 1.807) is 0 Å².